The number of likely N-dealkylation sites (N-methyl/N-ethyl adjacent to an activating group) is 1. The zero-order valence-corrected chi connectivity index (χ0v) is 10.9. The van der Waals surface area contributed by atoms with Gasteiger partial charge in [-0.1, -0.05) is 6.08 Å². The van der Waals surface area contributed by atoms with Crippen molar-refractivity contribution in [2.24, 2.45) is 0 Å². The summed E-state index contributed by atoms with van der Waals surface area (Å²) in [6.45, 7) is 5.87. The Hall–Kier alpha value is -0.880. The van der Waals surface area contributed by atoms with Crippen molar-refractivity contribution in [2.45, 2.75) is 12.2 Å². The highest BCUT2D eigenvalue weighted by Gasteiger charge is 2.26. The van der Waals surface area contributed by atoms with E-state index in [1.54, 1.807) is 0 Å². The fraction of sp³-hybridized carbons (Fsp3) is 0.700. The number of carbonyl (C=O) groups excluding carboxylic acids is 1. The van der Waals surface area contributed by atoms with Gasteiger partial charge in [0.15, 0.2) is 9.84 Å². The van der Waals surface area contributed by atoms with Crippen LogP contribution in [0.4, 0.5) is 0 Å². The molecule has 0 bridgehead atoms. The molecule has 0 aromatic rings. The van der Waals surface area contributed by atoms with E-state index in [1.807, 2.05) is 19.0 Å². The SMILES string of the molecule is C=CCS(=O)(=O)C(C)C(=O)NCCN(C)C. The van der Waals surface area contributed by atoms with E-state index in [2.05, 4.69) is 11.9 Å². The summed E-state index contributed by atoms with van der Waals surface area (Å²) in [5.74, 6) is -0.626. The lowest BCUT2D eigenvalue weighted by atomic mass is 10.4. The second-order valence-corrected chi connectivity index (χ2v) is 6.22. The first kappa shape index (κ1) is 15.1. The van der Waals surface area contributed by atoms with Crippen molar-refractivity contribution in [2.75, 3.05) is 32.9 Å². The van der Waals surface area contributed by atoms with E-state index >= 15 is 0 Å². The molecule has 0 aliphatic carbocycles. The number of nitrogens with one attached hydrogen (secondary N) is 1. The number of sulfone groups is 1. The molecule has 0 heterocycles. The normalized spacial score (nSPS) is 13.5. The smallest absolute Gasteiger partial charge is 0.238 e. The monoisotopic (exact) mass is 248 g/mol. The Morgan fingerprint density at radius 3 is 2.50 bits per heavy atom. The van der Waals surface area contributed by atoms with Crippen LogP contribution in [0.5, 0.6) is 0 Å². The minimum atomic E-state index is -3.40. The van der Waals surface area contributed by atoms with Crippen LogP contribution in [0.25, 0.3) is 0 Å². The van der Waals surface area contributed by atoms with E-state index in [0.717, 1.165) is 0 Å². The van der Waals surface area contributed by atoms with Gasteiger partial charge in [-0.05, 0) is 21.0 Å². The lowest BCUT2D eigenvalue weighted by Gasteiger charge is -2.14. The van der Waals surface area contributed by atoms with Gasteiger partial charge in [0.1, 0.15) is 5.25 Å². The number of hydrogen-bond acceptors (Lipinski definition) is 4. The molecule has 1 atom stereocenters. The Kier molecular flexibility index (Phi) is 6.28. The van der Waals surface area contributed by atoms with Gasteiger partial charge in [0.2, 0.25) is 5.91 Å². The number of amides is 1. The van der Waals surface area contributed by atoms with Gasteiger partial charge in [0.25, 0.3) is 0 Å². The van der Waals surface area contributed by atoms with Gasteiger partial charge >= 0.3 is 0 Å². The van der Waals surface area contributed by atoms with Crippen LogP contribution in [0, 0.1) is 0 Å². The van der Waals surface area contributed by atoms with Gasteiger partial charge < -0.3 is 10.2 Å². The van der Waals surface area contributed by atoms with Crippen LogP contribution >= 0.6 is 0 Å². The molecular weight excluding hydrogens is 228 g/mol. The molecule has 94 valence electrons. The maximum atomic E-state index is 11.5. The third-order valence-electron chi connectivity index (χ3n) is 2.12. The summed E-state index contributed by atoms with van der Waals surface area (Å²) in [7, 11) is 0.354. The van der Waals surface area contributed by atoms with Gasteiger partial charge in [-0.3, -0.25) is 4.79 Å². The molecule has 1 unspecified atom stereocenters. The van der Waals surface area contributed by atoms with E-state index in [4.69, 9.17) is 0 Å². The second-order valence-electron chi connectivity index (χ2n) is 3.85. The zero-order valence-electron chi connectivity index (χ0n) is 10.1. The lowest BCUT2D eigenvalue weighted by Crippen LogP contribution is -2.41. The van der Waals surface area contributed by atoms with Crippen LogP contribution in [0.15, 0.2) is 12.7 Å². The van der Waals surface area contributed by atoms with Gasteiger partial charge in [-0.2, -0.15) is 0 Å². The standard InChI is InChI=1S/C10H20N2O3S/c1-5-8-16(14,15)9(2)10(13)11-6-7-12(3)4/h5,9H,1,6-8H2,2-4H3,(H,11,13). The Morgan fingerprint density at radius 1 is 1.50 bits per heavy atom. The average Bonchev–Trinajstić information content (AvgIpc) is 2.15. The minimum absolute atomic E-state index is 0.171. The first-order chi connectivity index (χ1) is 7.31. The van der Waals surface area contributed by atoms with Gasteiger partial charge in [0, 0.05) is 13.1 Å². The predicted molar refractivity (Wildman–Crippen MR) is 65.0 cm³/mol. The van der Waals surface area contributed by atoms with E-state index in [0.29, 0.717) is 13.1 Å². The fourth-order valence-electron chi connectivity index (χ4n) is 1.02. The third kappa shape index (κ3) is 5.27. The zero-order chi connectivity index (χ0) is 12.8. The van der Waals surface area contributed by atoms with Gasteiger partial charge in [-0.15, -0.1) is 6.58 Å². The summed E-state index contributed by atoms with van der Waals surface area (Å²) < 4.78 is 23.1. The maximum absolute atomic E-state index is 11.5. The fourth-order valence-corrected chi connectivity index (χ4v) is 2.04. The lowest BCUT2D eigenvalue weighted by molar-refractivity contribution is -0.120. The van der Waals surface area contributed by atoms with E-state index in [9.17, 15) is 13.2 Å². The quantitative estimate of drug-likeness (QED) is 0.626. The van der Waals surface area contributed by atoms with Crippen molar-refractivity contribution in [3.63, 3.8) is 0 Å². The maximum Gasteiger partial charge on any atom is 0.238 e. The summed E-state index contributed by atoms with van der Waals surface area (Å²) >= 11 is 0. The number of rotatable bonds is 7. The molecule has 0 fully saturated rings. The molecule has 0 rings (SSSR count). The summed E-state index contributed by atoms with van der Waals surface area (Å²) in [5.41, 5.74) is 0. The third-order valence-corrected chi connectivity index (χ3v) is 4.11. The molecule has 0 saturated carbocycles. The van der Waals surface area contributed by atoms with Crippen LogP contribution < -0.4 is 5.32 Å². The first-order valence-corrected chi connectivity index (χ1v) is 6.77. The molecule has 0 saturated heterocycles. The number of hydrogen-bond donors (Lipinski definition) is 1. The summed E-state index contributed by atoms with van der Waals surface area (Å²) in [5, 5.41) is 1.56. The molecule has 0 aromatic heterocycles. The molecule has 6 heteroatoms. The Labute approximate surface area is 97.4 Å². The summed E-state index contributed by atoms with van der Waals surface area (Å²) in [4.78, 5) is 13.4. The molecule has 0 aliphatic heterocycles. The van der Waals surface area contributed by atoms with E-state index in [-0.39, 0.29) is 5.75 Å². The van der Waals surface area contributed by atoms with Crippen LogP contribution in [-0.2, 0) is 14.6 Å². The van der Waals surface area contributed by atoms with Crippen LogP contribution in [-0.4, -0.2) is 57.4 Å². The molecule has 0 aliphatic rings. The molecular formula is C10H20N2O3S. The Balaban J connectivity index is 4.23. The van der Waals surface area contributed by atoms with E-state index in [1.165, 1.54) is 13.0 Å². The van der Waals surface area contributed by atoms with Crippen molar-refractivity contribution >= 4 is 15.7 Å². The Morgan fingerprint density at radius 2 is 2.06 bits per heavy atom. The molecule has 0 aromatic carbocycles. The molecule has 1 amide bonds. The molecule has 5 nitrogen and oxygen atoms in total. The van der Waals surface area contributed by atoms with Crippen LogP contribution in [0.1, 0.15) is 6.92 Å². The summed E-state index contributed by atoms with van der Waals surface area (Å²) in [6.07, 6.45) is 1.29. The van der Waals surface area contributed by atoms with Crippen LogP contribution in [0.2, 0.25) is 0 Å². The highest BCUT2D eigenvalue weighted by Crippen LogP contribution is 2.02. The largest absolute Gasteiger partial charge is 0.354 e. The van der Waals surface area contributed by atoms with Crippen molar-refractivity contribution in [3.8, 4) is 0 Å². The number of nitrogens with zero attached hydrogens (tertiary/aromatic N) is 1. The second kappa shape index (κ2) is 6.65. The van der Waals surface area contributed by atoms with Crippen molar-refractivity contribution in [3.05, 3.63) is 12.7 Å². The first-order valence-electron chi connectivity index (χ1n) is 5.06. The van der Waals surface area contributed by atoms with Crippen molar-refractivity contribution < 1.29 is 13.2 Å². The molecule has 16 heavy (non-hydrogen) atoms. The van der Waals surface area contributed by atoms with E-state index < -0.39 is 21.0 Å². The van der Waals surface area contributed by atoms with Crippen LogP contribution in [0.3, 0.4) is 0 Å². The Bertz CT molecular complexity index is 336. The minimum Gasteiger partial charge on any atom is -0.354 e. The van der Waals surface area contributed by atoms with Gasteiger partial charge in [0.05, 0.1) is 5.75 Å². The molecule has 0 spiro atoms. The van der Waals surface area contributed by atoms with Gasteiger partial charge in [-0.25, -0.2) is 8.42 Å². The topological polar surface area (TPSA) is 66.5 Å². The van der Waals surface area contributed by atoms with Crippen molar-refractivity contribution in [1.82, 2.24) is 10.2 Å². The number of carbonyl (C=O) groups is 1. The van der Waals surface area contributed by atoms with Crippen molar-refractivity contribution in [1.29, 1.82) is 0 Å². The predicted octanol–water partition coefficient (Wildman–Crippen LogP) is -0.346. The highest BCUT2D eigenvalue weighted by atomic mass is 32.2. The molecule has 1 N–H and O–H groups in total. The highest BCUT2D eigenvalue weighted by molar-refractivity contribution is 7.92. The summed E-state index contributed by atoms with van der Waals surface area (Å²) in [6, 6.07) is 0. The average molecular weight is 248 g/mol. The molecule has 0 radical (unpaired) electrons.